The molecule has 38 heavy (non-hydrogen) atoms. The van der Waals surface area contributed by atoms with Crippen LogP contribution in [0.5, 0.6) is 11.5 Å². The topological polar surface area (TPSA) is 93.7 Å². The predicted octanol–water partition coefficient (Wildman–Crippen LogP) is 5.61. The molecule has 0 spiro atoms. The minimum absolute atomic E-state index is 0.0518. The van der Waals surface area contributed by atoms with Gasteiger partial charge in [0.05, 0.1) is 31.0 Å². The van der Waals surface area contributed by atoms with Crippen LogP contribution in [0.3, 0.4) is 0 Å². The minimum atomic E-state index is -4.98. The Bertz CT molecular complexity index is 1300. The average Bonchev–Trinajstić information content (AvgIpc) is 2.88. The quantitative estimate of drug-likeness (QED) is 0.215. The molecule has 1 heterocycles. The van der Waals surface area contributed by atoms with Crippen LogP contribution in [0.4, 0.5) is 27.6 Å². The first-order valence-corrected chi connectivity index (χ1v) is 11.2. The molecule has 2 aromatic carbocycles. The number of pyridine rings is 1. The summed E-state index contributed by atoms with van der Waals surface area (Å²) < 4.78 is 77.0. The fourth-order valence-corrected chi connectivity index (χ4v) is 3.45. The number of nitrogens with zero attached hydrogens (tertiary/aromatic N) is 1. The van der Waals surface area contributed by atoms with E-state index in [0.29, 0.717) is 23.9 Å². The molecular formula is C25H25F5N4O4. The number of hydrogen-bond acceptors (Lipinski definition) is 7. The number of nitrogens with one attached hydrogen (secondary N) is 3. The van der Waals surface area contributed by atoms with Crippen molar-refractivity contribution in [3.63, 3.8) is 0 Å². The second-order valence-corrected chi connectivity index (χ2v) is 7.80. The van der Waals surface area contributed by atoms with Crippen molar-refractivity contribution in [1.29, 1.82) is 0 Å². The Kier molecular flexibility index (Phi) is 9.29. The summed E-state index contributed by atoms with van der Waals surface area (Å²) in [6, 6.07) is 9.53. The lowest BCUT2D eigenvalue weighted by Crippen LogP contribution is -2.22. The first-order chi connectivity index (χ1) is 18.0. The van der Waals surface area contributed by atoms with Gasteiger partial charge < -0.3 is 20.1 Å². The van der Waals surface area contributed by atoms with Crippen molar-refractivity contribution in [3.05, 3.63) is 71.2 Å². The van der Waals surface area contributed by atoms with Gasteiger partial charge in [-0.05, 0) is 42.3 Å². The first kappa shape index (κ1) is 28.4. The second-order valence-electron chi connectivity index (χ2n) is 7.80. The van der Waals surface area contributed by atoms with Crippen LogP contribution in [-0.2, 0) is 17.6 Å². The van der Waals surface area contributed by atoms with E-state index in [0.717, 1.165) is 11.6 Å². The van der Waals surface area contributed by atoms with Gasteiger partial charge in [0.2, 0.25) is 0 Å². The van der Waals surface area contributed by atoms with Gasteiger partial charge in [0.1, 0.15) is 17.2 Å². The van der Waals surface area contributed by atoms with Crippen molar-refractivity contribution < 1.29 is 41.1 Å². The van der Waals surface area contributed by atoms with E-state index in [4.69, 9.17) is 9.57 Å². The molecule has 3 aromatic rings. The normalized spacial score (nSPS) is 12.0. The maximum absolute atomic E-state index is 14.0. The molecule has 0 aliphatic heterocycles. The van der Waals surface area contributed by atoms with Gasteiger partial charge in [0.15, 0.2) is 0 Å². The van der Waals surface area contributed by atoms with Gasteiger partial charge in [-0.3, -0.25) is 15.1 Å². The third-order valence-corrected chi connectivity index (χ3v) is 5.28. The van der Waals surface area contributed by atoms with Gasteiger partial charge >= 0.3 is 12.8 Å². The molecule has 13 heteroatoms. The van der Waals surface area contributed by atoms with Crippen LogP contribution in [0.2, 0.25) is 0 Å². The monoisotopic (exact) mass is 540 g/mol. The number of methoxy groups -OCH3 is 1. The Labute approximate surface area is 214 Å². The van der Waals surface area contributed by atoms with Crippen LogP contribution in [0.1, 0.15) is 35.0 Å². The predicted molar refractivity (Wildman–Crippen MR) is 130 cm³/mol. The Morgan fingerprint density at radius 3 is 2.37 bits per heavy atom. The SMILES string of the molecule is CC/C(=C/NC(=O)c1cc(NCc2ccc(OC)cc2)c2cc(OC(F)F)cc(C(F)(F)F)c2n1)NOC. The summed E-state index contributed by atoms with van der Waals surface area (Å²) in [6.45, 7) is -1.43. The molecule has 0 atom stereocenters. The van der Waals surface area contributed by atoms with Crippen molar-refractivity contribution in [1.82, 2.24) is 15.8 Å². The third kappa shape index (κ3) is 7.22. The molecule has 0 aliphatic carbocycles. The summed E-state index contributed by atoms with van der Waals surface area (Å²) in [5, 5.41) is 5.27. The lowest BCUT2D eigenvalue weighted by atomic mass is 10.1. The number of fused-ring (bicyclic) bond motifs is 1. The number of aromatic nitrogens is 1. The van der Waals surface area contributed by atoms with E-state index in [1.54, 1.807) is 31.2 Å². The molecule has 1 aromatic heterocycles. The Balaban J connectivity index is 2.12. The number of carbonyl (C=O) groups is 1. The van der Waals surface area contributed by atoms with E-state index in [2.05, 4.69) is 25.8 Å². The molecule has 0 saturated heterocycles. The zero-order valence-electron chi connectivity index (χ0n) is 20.6. The van der Waals surface area contributed by atoms with E-state index in [1.165, 1.54) is 26.5 Å². The smallest absolute Gasteiger partial charge is 0.418 e. The van der Waals surface area contributed by atoms with E-state index >= 15 is 0 Å². The molecule has 8 nitrogen and oxygen atoms in total. The summed E-state index contributed by atoms with van der Waals surface area (Å²) in [5.41, 5.74) is 1.55. The highest BCUT2D eigenvalue weighted by molar-refractivity contribution is 6.01. The molecule has 204 valence electrons. The molecule has 0 saturated carbocycles. The van der Waals surface area contributed by atoms with Gasteiger partial charge in [-0.25, -0.2) is 4.98 Å². The zero-order chi connectivity index (χ0) is 27.9. The van der Waals surface area contributed by atoms with Crippen LogP contribution in [0, 0.1) is 0 Å². The maximum Gasteiger partial charge on any atom is 0.418 e. The highest BCUT2D eigenvalue weighted by atomic mass is 19.4. The van der Waals surface area contributed by atoms with E-state index in [1.807, 2.05) is 0 Å². The third-order valence-electron chi connectivity index (χ3n) is 5.28. The first-order valence-electron chi connectivity index (χ1n) is 11.2. The Hall–Kier alpha value is -4.13. The molecule has 1 amide bonds. The standard InChI is InChI=1S/C25H25F5N4O4/c1-4-15(34-37-3)13-32-23(35)21-11-20(31-12-14-5-7-16(36-2)8-6-14)18-9-17(38-24(26)27)10-19(22(18)33-21)25(28,29)30/h5-11,13,24,34H,4,12H2,1-3H3,(H,31,33)(H,32,35)/b15-13-. The average molecular weight is 540 g/mol. The van der Waals surface area contributed by atoms with Crippen LogP contribution < -0.4 is 25.6 Å². The molecule has 0 radical (unpaired) electrons. The van der Waals surface area contributed by atoms with Gasteiger partial charge in [0, 0.05) is 23.8 Å². The number of ether oxygens (including phenoxy) is 2. The molecule has 3 rings (SSSR count). The van der Waals surface area contributed by atoms with Crippen molar-refractivity contribution in [3.8, 4) is 11.5 Å². The number of alkyl halides is 5. The highest BCUT2D eigenvalue weighted by Crippen LogP contribution is 2.40. The number of hydroxylamine groups is 1. The van der Waals surface area contributed by atoms with Crippen LogP contribution in [0.25, 0.3) is 10.9 Å². The molecule has 0 fully saturated rings. The fraction of sp³-hybridized carbons (Fsp3) is 0.280. The molecule has 0 unspecified atom stereocenters. The Morgan fingerprint density at radius 1 is 1.08 bits per heavy atom. The number of rotatable bonds is 11. The number of allylic oxidation sites excluding steroid dienone is 1. The van der Waals surface area contributed by atoms with Gasteiger partial charge in [0.25, 0.3) is 5.91 Å². The van der Waals surface area contributed by atoms with E-state index in [9.17, 15) is 26.7 Å². The lowest BCUT2D eigenvalue weighted by Gasteiger charge is -2.17. The maximum atomic E-state index is 14.0. The van der Waals surface area contributed by atoms with E-state index < -0.39 is 35.5 Å². The van der Waals surface area contributed by atoms with Crippen molar-refractivity contribution >= 4 is 22.5 Å². The Morgan fingerprint density at radius 2 is 1.79 bits per heavy atom. The van der Waals surface area contributed by atoms with Crippen molar-refractivity contribution in [2.24, 2.45) is 0 Å². The summed E-state index contributed by atoms with van der Waals surface area (Å²) >= 11 is 0. The van der Waals surface area contributed by atoms with Gasteiger partial charge in [-0.2, -0.15) is 22.0 Å². The number of amides is 1. The number of carbonyl (C=O) groups excluding carboxylic acids is 1. The number of benzene rings is 2. The number of hydrogen-bond donors (Lipinski definition) is 3. The van der Waals surface area contributed by atoms with Crippen molar-refractivity contribution in [2.75, 3.05) is 19.5 Å². The van der Waals surface area contributed by atoms with E-state index in [-0.39, 0.29) is 23.3 Å². The summed E-state index contributed by atoms with van der Waals surface area (Å²) in [6.07, 6.45) is -3.22. The summed E-state index contributed by atoms with van der Waals surface area (Å²) in [5.74, 6) is -0.898. The highest BCUT2D eigenvalue weighted by Gasteiger charge is 2.35. The molecule has 0 bridgehead atoms. The molecule has 0 aliphatic rings. The van der Waals surface area contributed by atoms with Crippen molar-refractivity contribution in [2.45, 2.75) is 32.7 Å². The van der Waals surface area contributed by atoms with Gasteiger partial charge in [-0.15, -0.1) is 0 Å². The fourth-order valence-electron chi connectivity index (χ4n) is 3.45. The number of halogens is 5. The minimum Gasteiger partial charge on any atom is -0.497 e. The van der Waals surface area contributed by atoms with Crippen LogP contribution in [-0.4, -0.2) is 31.7 Å². The summed E-state index contributed by atoms with van der Waals surface area (Å²) in [4.78, 5) is 21.6. The second kappa shape index (κ2) is 12.4. The molecule has 3 N–H and O–H groups in total. The van der Waals surface area contributed by atoms with Gasteiger partial charge in [-0.1, -0.05) is 19.1 Å². The molecular weight excluding hydrogens is 515 g/mol. The summed E-state index contributed by atoms with van der Waals surface area (Å²) in [7, 11) is 2.88. The van der Waals surface area contributed by atoms with Crippen LogP contribution >= 0.6 is 0 Å². The zero-order valence-corrected chi connectivity index (χ0v) is 20.6. The number of anilines is 1. The largest absolute Gasteiger partial charge is 0.497 e. The lowest BCUT2D eigenvalue weighted by molar-refractivity contribution is -0.136. The van der Waals surface area contributed by atoms with Crippen LogP contribution in [0.15, 0.2) is 54.4 Å².